The van der Waals surface area contributed by atoms with Crippen molar-refractivity contribution in [2.24, 2.45) is 5.73 Å². The van der Waals surface area contributed by atoms with Crippen molar-refractivity contribution in [3.8, 4) is 0 Å². The average molecular weight is 298 g/mol. The number of hydrogen-bond donors (Lipinski definition) is 2. The number of esters is 1. The molecule has 1 aliphatic rings. The lowest BCUT2D eigenvalue weighted by Gasteiger charge is -2.17. The summed E-state index contributed by atoms with van der Waals surface area (Å²) in [6, 6.07) is 4.44. The van der Waals surface area contributed by atoms with Crippen LogP contribution in [0.1, 0.15) is 16.8 Å². The number of nitrogens with one attached hydrogen (secondary N) is 1. The van der Waals surface area contributed by atoms with Gasteiger partial charge in [-0.05, 0) is 24.6 Å². The topological polar surface area (TPSA) is 84.7 Å². The number of carbonyl (C=O) groups is 2. The van der Waals surface area contributed by atoms with E-state index in [9.17, 15) is 9.59 Å². The van der Waals surface area contributed by atoms with E-state index in [4.69, 9.17) is 17.3 Å². The van der Waals surface area contributed by atoms with Crippen LogP contribution in [-0.2, 0) is 4.74 Å². The number of nitrogens with zero attached hydrogens (tertiary/aromatic N) is 1. The van der Waals surface area contributed by atoms with E-state index in [0.717, 1.165) is 6.42 Å². The summed E-state index contributed by atoms with van der Waals surface area (Å²) < 4.78 is 4.60. The number of carbonyl (C=O) groups excluding carboxylic acids is 2. The predicted molar refractivity (Wildman–Crippen MR) is 76.0 cm³/mol. The van der Waals surface area contributed by atoms with E-state index in [-0.39, 0.29) is 22.7 Å². The lowest BCUT2D eigenvalue weighted by Crippen LogP contribution is -2.35. The largest absolute Gasteiger partial charge is 0.465 e. The Kier molecular flexibility index (Phi) is 4.46. The molecule has 0 aromatic heterocycles. The molecule has 0 spiro atoms. The van der Waals surface area contributed by atoms with Gasteiger partial charge in [0.05, 0.1) is 17.7 Å². The van der Waals surface area contributed by atoms with Gasteiger partial charge in [-0.1, -0.05) is 11.6 Å². The van der Waals surface area contributed by atoms with Gasteiger partial charge in [0.15, 0.2) is 0 Å². The van der Waals surface area contributed by atoms with Crippen molar-refractivity contribution < 1.29 is 14.3 Å². The maximum absolute atomic E-state index is 12.0. The van der Waals surface area contributed by atoms with Crippen LogP contribution in [0.2, 0.25) is 5.02 Å². The number of urea groups is 1. The molecule has 0 unspecified atom stereocenters. The van der Waals surface area contributed by atoms with Gasteiger partial charge >= 0.3 is 12.0 Å². The second-order valence-corrected chi connectivity index (χ2v) is 5.02. The predicted octanol–water partition coefficient (Wildman–Crippen LogP) is 1.69. The molecule has 1 aromatic carbocycles. The Morgan fingerprint density at radius 3 is 2.80 bits per heavy atom. The van der Waals surface area contributed by atoms with E-state index in [0.29, 0.717) is 18.8 Å². The second-order valence-electron chi connectivity index (χ2n) is 4.61. The van der Waals surface area contributed by atoms with Gasteiger partial charge in [-0.25, -0.2) is 9.59 Å². The van der Waals surface area contributed by atoms with Gasteiger partial charge in [0.1, 0.15) is 0 Å². The minimum atomic E-state index is -0.515. The molecule has 1 atom stereocenters. The fourth-order valence-corrected chi connectivity index (χ4v) is 2.30. The number of nitrogens with two attached hydrogens (primary N) is 1. The first kappa shape index (κ1) is 14.6. The normalized spacial score (nSPS) is 17.9. The number of ether oxygens (including phenoxy) is 1. The van der Waals surface area contributed by atoms with Crippen LogP contribution in [0.3, 0.4) is 0 Å². The molecule has 0 bridgehead atoms. The van der Waals surface area contributed by atoms with Gasteiger partial charge in [0.2, 0.25) is 0 Å². The first-order valence-electron chi connectivity index (χ1n) is 6.20. The Labute approximate surface area is 121 Å². The van der Waals surface area contributed by atoms with Crippen molar-refractivity contribution in [3.63, 3.8) is 0 Å². The Morgan fingerprint density at radius 1 is 1.50 bits per heavy atom. The Balaban J connectivity index is 2.05. The molecule has 7 heteroatoms. The molecular formula is C13H16ClN3O3. The molecule has 108 valence electrons. The van der Waals surface area contributed by atoms with E-state index >= 15 is 0 Å². The average Bonchev–Trinajstić information content (AvgIpc) is 2.85. The number of halogens is 1. The highest BCUT2D eigenvalue weighted by Gasteiger charge is 2.23. The Morgan fingerprint density at radius 2 is 2.25 bits per heavy atom. The summed E-state index contributed by atoms with van der Waals surface area (Å²) in [5.41, 5.74) is 6.54. The number of rotatable bonds is 2. The summed E-state index contributed by atoms with van der Waals surface area (Å²) in [5, 5.41) is 2.95. The molecule has 2 rings (SSSR count). The van der Waals surface area contributed by atoms with Crippen molar-refractivity contribution in [1.29, 1.82) is 0 Å². The Bertz CT molecular complexity index is 536. The maximum Gasteiger partial charge on any atom is 0.339 e. The summed E-state index contributed by atoms with van der Waals surface area (Å²) in [6.07, 6.45) is 0.801. The molecule has 2 amide bonds. The van der Waals surface area contributed by atoms with Gasteiger partial charge in [-0.2, -0.15) is 0 Å². The zero-order valence-electron chi connectivity index (χ0n) is 11.1. The Hall–Kier alpha value is -1.79. The second kappa shape index (κ2) is 6.11. The molecule has 0 saturated carbocycles. The van der Waals surface area contributed by atoms with E-state index in [1.165, 1.54) is 19.2 Å². The van der Waals surface area contributed by atoms with Crippen molar-refractivity contribution in [2.45, 2.75) is 12.5 Å². The molecular weight excluding hydrogens is 282 g/mol. The fourth-order valence-electron chi connectivity index (χ4n) is 2.04. The molecule has 1 aliphatic heterocycles. The quantitative estimate of drug-likeness (QED) is 0.814. The van der Waals surface area contributed by atoms with Crippen molar-refractivity contribution in [2.75, 3.05) is 25.5 Å². The van der Waals surface area contributed by atoms with Crippen LogP contribution in [0.15, 0.2) is 18.2 Å². The summed E-state index contributed by atoms with van der Waals surface area (Å²) in [5.74, 6) is -0.515. The van der Waals surface area contributed by atoms with Crippen LogP contribution < -0.4 is 11.1 Å². The van der Waals surface area contributed by atoms with Crippen molar-refractivity contribution in [1.82, 2.24) is 4.90 Å². The molecule has 1 saturated heterocycles. The number of likely N-dealkylation sites (tertiary alicyclic amines) is 1. The highest BCUT2D eigenvalue weighted by molar-refractivity contribution is 6.33. The van der Waals surface area contributed by atoms with Gasteiger partial charge < -0.3 is 20.7 Å². The number of hydrogen-bond acceptors (Lipinski definition) is 4. The van der Waals surface area contributed by atoms with Crippen LogP contribution in [0.25, 0.3) is 0 Å². The zero-order valence-corrected chi connectivity index (χ0v) is 11.8. The van der Waals surface area contributed by atoms with E-state index in [2.05, 4.69) is 10.1 Å². The molecule has 1 aromatic rings. The smallest absolute Gasteiger partial charge is 0.339 e. The molecule has 1 fully saturated rings. The third kappa shape index (κ3) is 3.20. The van der Waals surface area contributed by atoms with Gasteiger partial charge in [0.25, 0.3) is 0 Å². The SMILES string of the molecule is COC(=O)c1ccc(NC(=O)N2CC[C@H](N)C2)cc1Cl. The molecule has 0 aliphatic carbocycles. The van der Waals surface area contributed by atoms with E-state index in [1.54, 1.807) is 11.0 Å². The number of anilines is 1. The summed E-state index contributed by atoms with van der Waals surface area (Å²) in [7, 11) is 1.28. The molecule has 20 heavy (non-hydrogen) atoms. The van der Waals surface area contributed by atoms with E-state index < -0.39 is 5.97 Å². The monoisotopic (exact) mass is 297 g/mol. The molecule has 6 nitrogen and oxygen atoms in total. The first-order valence-corrected chi connectivity index (χ1v) is 6.58. The third-order valence-corrected chi connectivity index (χ3v) is 3.45. The van der Waals surface area contributed by atoms with Crippen LogP contribution >= 0.6 is 11.6 Å². The zero-order chi connectivity index (χ0) is 14.7. The lowest BCUT2D eigenvalue weighted by atomic mass is 10.2. The lowest BCUT2D eigenvalue weighted by molar-refractivity contribution is 0.0601. The molecule has 0 radical (unpaired) electrons. The van der Waals surface area contributed by atoms with Crippen LogP contribution in [0.5, 0.6) is 0 Å². The van der Waals surface area contributed by atoms with Crippen LogP contribution in [0, 0.1) is 0 Å². The number of amides is 2. The summed E-state index contributed by atoms with van der Waals surface area (Å²) >= 11 is 5.98. The summed E-state index contributed by atoms with van der Waals surface area (Å²) in [6.45, 7) is 1.18. The fraction of sp³-hybridized carbons (Fsp3) is 0.385. The van der Waals surface area contributed by atoms with Crippen molar-refractivity contribution >= 4 is 29.3 Å². The van der Waals surface area contributed by atoms with Crippen LogP contribution in [-0.4, -0.2) is 43.1 Å². The highest BCUT2D eigenvalue weighted by atomic mass is 35.5. The van der Waals surface area contributed by atoms with Gasteiger partial charge in [-0.15, -0.1) is 0 Å². The standard InChI is InChI=1S/C13H16ClN3O3/c1-20-12(18)10-3-2-9(6-11(10)14)16-13(19)17-5-4-8(15)7-17/h2-3,6,8H,4-5,7,15H2,1H3,(H,16,19)/t8-/m0/s1. The maximum atomic E-state index is 12.0. The minimum absolute atomic E-state index is 0.0334. The summed E-state index contributed by atoms with van der Waals surface area (Å²) in [4.78, 5) is 25.0. The minimum Gasteiger partial charge on any atom is -0.465 e. The highest BCUT2D eigenvalue weighted by Crippen LogP contribution is 2.22. The van der Waals surface area contributed by atoms with Crippen molar-refractivity contribution in [3.05, 3.63) is 28.8 Å². The van der Waals surface area contributed by atoms with E-state index in [1.807, 2.05) is 0 Å². The molecule has 3 N–H and O–H groups in total. The molecule has 1 heterocycles. The number of benzene rings is 1. The van der Waals surface area contributed by atoms with Gasteiger partial charge in [-0.3, -0.25) is 0 Å². The first-order chi connectivity index (χ1) is 9.51. The third-order valence-electron chi connectivity index (χ3n) is 3.14. The van der Waals surface area contributed by atoms with Gasteiger partial charge in [0, 0.05) is 24.8 Å². The number of methoxy groups -OCH3 is 1. The van der Waals surface area contributed by atoms with Crippen LogP contribution in [0.4, 0.5) is 10.5 Å².